The lowest BCUT2D eigenvalue weighted by Gasteiger charge is -2.23. The third-order valence-corrected chi connectivity index (χ3v) is 4.42. The summed E-state index contributed by atoms with van der Waals surface area (Å²) >= 11 is 0. The number of nitrogens with zero attached hydrogens (tertiary/aromatic N) is 2. The lowest BCUT2D eigenvalue weighted by atomic mass is 10.1. The number of nitrogen functional groups attached to an aromatic ring is 1. The second-order valence-corrected chi connectivity index (χ2v) is 6.23. The fourth-order valence-electron chi connectivity index (χ4n) is 2.96. The minimum atomic E-state index is -0.183. The first-order chi connectivity index (χ1) is 11.6. The first-order valence-electron chi connectivity index (χ1n) is 8.33. The molecule has 0 saturated carbocycles. The van der Waals surface area contributed by atoms with Crippen LogP contribution in [-0.4, -0.2) is 44.0 Å². The van der Waals surface area contributed by atoms with E-state index in [4.69, 9.17) is 5.73 Å². The normalized spacial score (nSPS) is 15.8. The molecule has 0 aliphatic carbocycles. The Balaban J connectivity index is 1.66. The fraction of sp³-hybridized carbons (Fsp3) is 0.316. The molecule has 0 bridgehead atoms. The average Bonchev–Trinajstić information content (AvgIpc) is 2.80. The van der Waals surface area contributed by atoms with Crippen molar-refractivity contribution in [2.24, 2.45) is 0 Å². The van der Waals surface area contributed by atoms with Crippen LogP contribution in [0.1, 0.15) is 16.8 Å². The van der Waals surface area contributed by atoms with Crippen LogP contribution in [0.2, 0.25) is 0 Å². The molecule has 2 aromatic carbocycles. The van der Waals surface area contributed by atoms with Gasteiger partial charge in [0.15, 0.2) is 0 Å². The van der Waals surface area contributed by atoms with Gasteiger partial charge in [0, 0.05) is 36.7 Å². The zero-order valence-corrected chi connectivity index (χ0v) is 14.0. The summed E-state index contributed by atoms with van der Waals surface area (Å²) in [5.74, 6) is -0.183. The molecular weight excluding hydrogens is 300 g/mol. The highest BCUT2D eigenvalue weighted by Gasteiger charge is 2.13. The summed E-state index contributed by atoms with van der Waals surface area (Å²) in [5.41, 5.74) is 8.81. The van der Waals surface area contributed by atoms with Gasteiger partial charge in [0.25, 0.3) is 5.91 Å². The Labute approximate surface area is 143 Å². The number of nitrogens with two attached hydrogens (primary N) is 1. The standard InChI is InChI=1S/C19H24N4O/c1-22-11-4-12-23(14-13-22)16-9-7-15(8-10-16)21-19(24)17-5-2-3-6-18(17)20/h2-3,5-10H,4,11-14,20H2,1H3,(H,21,24). The molecule has 5 heteroatoms. The Hall–Kier alpha value is -2.53. The second-order valence-electron chi connectivity index (χ2n) is 6.23. The van der Waals surface area contributed by atoms with E-state index in [0.717, 1.165) is 31.9 Å². The van der Waals surface area contributed by atoms with E-state index < -0.39 is 0 Å². The van der Waals surface area contributed by atoms with E-state index in [1.54, 1.807) is 12.1 Å². The van der Waals surface area contributed by atoms with Crippen molar-refractivity contribution in [2.75, 3.05) is 49.2 Å². The van der Waals surface area contributed by atoms with Crippen molar-refractivity contribution in [1.82, 2.24) is 4.90 Å². The number of hydrogen-bond donors (Lipinski definition) is 2. The van der Waals surface area contributed by atoms with Crippen molar-refractivity contribution in [3.63, 3.8) is 0 Å². The molecule has 1 saturated heterocycles. The first-order valence-corrected chi connectivity index (χ1v) is 8.33. The highest BCUT2D eigenvalue weighted by Crippen LogP contribution is 2.20. The quantitative estimate of drug-likeness (QED) is 0.852. The molecule has 2 aromatic rings. The van der Waals surface area contributed by atoms with Crippen molar-refractivity contribution < 1.29 is 4.79 Å². The van der Waals surface area contributed by atoms with E-state index >= 15 is 0 Å². The average molecular weight is 324 g/mol. The Bertz CT molecular complexity index is 699. The number of carbonyl (C=O) groups is 1. The van der Waals surface area contributed by atoms with Crippen molar-refractivity contribution in [3.8, 4) is 0 Å². The second kappa shape index (κ2) is 7.36. The van der Waals surface area contributed by atoms with Crippen molar-refractivity contribution in [2.45, 2.75) is 6.42 Å². The number of benzene rings is 2. The summed E-state index contributed by atoms with van der Waals surface area (Å²) in [6, 6.07) is 15.1. The van der Waals surface area contributed by atoms with Gasteiger partial charge in [-0.2, -0.15) is 0 Å². The van der Waals surface area contributed by atoms with Crippen molar-refractivity contribution in [1.29, 1.82) is 0 Å². The molecule has 0 unspecified atom stereocenters. The number of carbonyl (C=O) groups excluding carboxylic acids is 1. The third-order valence-electron chi connectivity index (χ3n) is 4.42. The Morgan fingerprint density at radius 3 is 2.50 bits per heavy atom. The Morgan fingerprint density at radius 2 is 1.75 bits per heavy atom. The Kier molecular flexibility index (Phi) is 5.01. The summed E-state index contributed by atoms with van der Waals surface area (Å²) in [5, 5.41) is 2.90. The molecule has 0 aromatic heterocycles. The monoisotopic (exact) mass is 324 g/mol. The molecule has 3 N–H and O–H groups in total. The van der Waals surface area contributed by atoms with Gasteiger partial charge in [-0.15, -0.1) is 0 Å². The lowest BCUT2D eigenvalue weighted by molar-refractivity contribution is 0.102. The van der Waals surface area contributed by atoms with E-state index in [-0.39, 0.29) is 5.91 Å². The predicted molar refractivity (Wildman–Crippen MR) is 99.6 cm³/mol. The summed E-state index contributed by atoms with van der Waals surface area (Å²) in [4.78, 5) is 17.0. The number of para-hydroxylation sites is 1. The topological polar surface area (TPSA) is 61.6 Å². The smallest absolute Gasteiger partial charge is 0.257 e. The minimum Gasteiger partial charge on any atom is -0.398 e. The van der Waals surface area contributed by atoms with Crippen LogP contribution in [0.5, 0.6) is 0 Å². The third kappa shape index (κ3) is 3.86. The molecule has 3 rings (SSSR count). The maximum absolute atomic E-state index is 12.3. The number of amides is 1. The minimum absolute atomic E-state index is 0.183. The predicted octanol–water partition coefficient (Wildman–Crippen LogP) is 2.66. The van der Waals surface area contributed by atoms with Crippen LogP contribution in [0, 0.1) is 0 Å². The zero-order valence-electron chi connectivity index (χ0n) is 14.0. The van der Waals surface area contributed by atoms with Gasteiger partial charge < -0.3 is 20.9 Å². The van der Waals surface area contributed by atoms with Crippen LogP contribution >= 0.6 is 0 Å². The molecule has 0 radical (unpaired) electrons. The SMILES string of the molecule is CN1CCCN(c2ccc(NC(=O)c3ccccc3N)cc2)CC1. The van der Waals surface area contributed by atoms with Crippen LogP contribution in [0.25, 0.3) is 0 Å². The highest BCUT2D eigenvalue weighted by molar-refractivity contribution is 6.07. The van der Waals surface area contributed by atoms with Crippen LogP contribution in [0.3, 0.4) is 0 Å². The van der Waals surface area contributed by atoms with Crippen LogP contribution < -0.4 is 16.0 Å². The van der Waals surface area contributed by atoms with Gasteiger partial charge in [-0.05, 0) is 56.4 Å². The van der Waals surface area contributed by atoms with Gasteiger partial charge in [-0.25, -0.2) is 0 Å². The number of anilines is 3. The number of likely N-dealkylation sites (N-methyl/N-ethyl adjacent to an activating group) is 1. The molecular formula is C19H24N4O. The molecule has 1 aliphatic heterocycles. The van der Waals surface area contributed by atoms with E-state index in [9.17, 15) is 4.79 Å². The van der Waals surface area contributed by atoms with Gasteiger partial charge in [0.2, 0.25) is 0 Å². The maximum Gasteiger partial charge on any atom is 0.257 e. The molecule has 1 heterocycles. The maximum atomic E-state index is 12.3. The number of rotatable bonds is 3. The molecule has 24 heavy (non-hydrogen) atoms. The van der Waals surface area contributed by atoms with Crippen LogP contribution in [0.4, 0.5) is 17.1 Å². The lowest BCUT2D eigenvalue weighted by Crippen LogP contribution is -2.28. The van der Waals surface area contributed by atoms with Gasteiger partial charge >= 0.3 is 0 Å². The van der Waals surface area contributed by atoms with E-state index in [1.165, 1.54) is 12.1 Å². The first kappa shape index (κ1) is 16.3. The number of hydrogen-bond acceptors (Lipinski definition) is 4. The summed E-state index contributed by atoms with van der Waals surface area (Å²) in [7, 11) is 2.16. The fourth-order valence-corrected chi connectivity index (χ4v) is 2.96. The molecule has 1 amide bonds. The molecule has 0 spiro atoms. The van der Waals surface area contributed by atoms with Gasteiger partial charge in [0.1, 0.15) is 0 Å². The highest BCUT2D eigenvalue weighted by atomic mass is 16.1. The van der Waals surface area contributed by atoms with Crippen molar-refractivity contribution >= 4 is 23.0 Å². The molecule has 1 aliphatic rings. The van der Waals surface area contributed by atoms with Gasteiger partial charge in [0.05, 0.1) is 5.56 Å². The van der Waals surface area contributed by atoms with Gasteiger partial charge in [-0.3, -0.25) is 4.79 Å². The Morgan fingerprint density at radius 1 is 1.00 bits per heavy atom. The summed E-state index contributed by atoms with van der Waals surface area (Å²) in [6.07, 6.45) is 1.17. The van der Waals surface area contributed by atoms with Crippen LogP contribution in [0.15, 0.2) is 48.5 Å². The molecule has 0 atom stereocenters. The largest absolute Gasteiger partial charge is 0.398 e. The van der Waals surface area contributed by atoms with Crippen molar-refractivity contribution in [3.05, 3.63) is 54.1 Å². The molecule has 1 fully saturated rings. The summed E-state index contributed by atoms with van der Waals surface area (Å²) in [6.45, 7) is 4.31. The molecule has 126 valence electrons. The zero-order chi connectivity index (χ0) is 16.9. The summed E-state index contributed by atoms with van der Waals surface area (Å²) < 4.78 is 0. The molecule has 5 nitrogen and oxygen atoms in total. The number of nitrogens with one attached hydrogen (secondary N) is 1. The van der Waals surface area contributed by atoms with Gasteiger partial charge in [-0.1, -0.05) is 12.1 Å². The van der Waals surface area contributed by atoms with Crippen LogP contribution in [-0.2, 0) is 0 Å². The van der Waals surface area contributed by atoms with E-state index in [1.807, 2.05) is 24.3 Å². The van der Waals surface area contributed by atoms with E-state index in [0.29, 0.717) is 11.3 Å². The van der Waals surface area contributed by atoms with E-state index in [2.05, 4.69) is 34.3 Å².